The number of nitrogens with one attached hydrogen (secondary N) is 1. The van der Waals surface area contributed by atoms with E-state index in [9.17, 15) is 17.6 Å². The van der Waals surface area contributed by atoms with E-state index in [1.165, 1.54) is 36.0 Å². The van der Waals surface area contributed by atoms with Crippen LogP contribution in [0.2, 0.25) is 0 Å². The number of carbonyl (C=O) groups excluding carboxylic acids is 1. The highest BCUT2D eigenvalue weighted by Crippen LogP contribution is 2.17. The molecule has 0 bridgehead atoms. The Balaban J connectivity index is 1.73. The summed E-state index contributed by atoms with van der Waals surface area (Å²) in [7, 11) is -3.76. The third-order valence-electron chi connectivity index (χ3n) is 3.48. The maximum Gasteiger partial charge on any atom is 0.240 e. The number of hydrogen-bond donors (Lipinski definition) is 1. The molecule has 2 heterocycles. The van der Waals surface area contributed by atoms with Crippen molar-refractivity contribution in [1.29, 1.82) is 0 Å². The lowest BCUT2D eigenvalue weighted by molar-refractivity contribution is -0.115. The van der Waals surface area contributed by atoms with E-state index in [1.807, 2.05) is 0 Å². The van der Waals surface area contributed by atoms with Crippen molar-refractivity contribution in [3.63, 3.8) is 0 Å². The van der Waals surface area contributed by atoms with Gasteiger partial charge in [-0.3, -0.25) is 9.78 Å². The van der Waals surface area contributed by atoms with Gasteiger partial charge in [0.2, 0.25) is 15.8 Å². The Morgan fingerprint density at radius 3 is 2.56 bits per heavy atom. The average Bonchev–Trinajstić information content (AvgIpc) is 3.11. The summed E-state index contributed by atoms with van der Waals surface area (Å²) in [6.07, 6.45) is 1.10. The molecule has 1 N–H and O–H groups in total. The van der Waals surface area contributed by atoms with E-state index in [0.29, 0.717) is 17.1 Å². The Labute approximate surface area is 154 Å². The average molecular weight is 390 g/mol. The van der Waals surface area contributed by atoms with Crippen molar-refractivity contribution in [2.24, 2.45) is 0 Å². The largest absolute Gasteiger partial charge is 0.299 e. The molecule has 0 radical (unpaired) electrons. The maximum absolute atomic E-state index is 12.9. The fourth-order valence-corrected chi connectivity index (χ4v) is 3.19. The molecule has 3 aromatic rings. The van der Waals surface area contributed by atoms with Crippen LogP contribution in [-0.4, -0.2) is 45.9 Å². The molecule has 0 aliphatic heterocycles. The Morgan fingerprint density at radius 2 is 1.93 bits per heavy atom. The molecule has 0 amide bonds. The molecular weight excluding hydrogens is 375 g/mol. The van der Waals surface area contributed by atoms with Crippen LogP contribution < -0.4 is 4.72 Å². The van der Waals surface area contributed by atoms with E-state index in [4.69, 9.17) is 0 Å². The molecular formula is C16H15FN6O3S. The smallest absolute Gasteiger partial charge is 0.240 e. The molecule has 0 spiro atoms. The minimum Gasteiger partial charge on any atom is -0.299 e. The highest BCUT2D eigenvalue weighted by molar-refractivity contribution is 7.89. The van der Waals surface area contributed by atoms with Gasteiger partial charge in [0.05, 0.1) is 23.3 Å². The van der Waals surface area contributed by atoms with Crippen molar-refractivity contribution >= 4 is 15.8 Å². The number of tetrazole rings is 1. The molecule has 0 fully saturated rings. The van der Waals surface area contributed by atoms with Crippen LogP contribution in [-0.2, 0) is 21.4 Å². The van der Waals surface area contributed by atoms with E-state index < -0.39 is 15.8 Å². The molecule has 1 aromatic carbocycles. The van der Waals surface area contributed by atoms with Gasteiger partial charge in [0.15, 0.2) is 0 Å². The van der Waals surface area contributed by atoms with Gasteiger partial charge in [0.25, 0.3) is 0 Å². The number of ketones is 1. The molecule has 11 heteroatoms. The minimum absolute atomic E-state index is 0.0235. The van der Waals surface area contributed by atoms with Crippen LogP contribution in [0.1, 0.15) is 12.6 Å². The number of rotatable bonds is 7. The second kappa shape index (κ2) is 7.68. The van der Waals surface area contributed by atoms with E-state index in [0.717, 1.165) is 6.20 Å². The molecule has 0 unspecified atom stereocenters. The highest BCUT2D eigenvalue weighted by atomic mass is 32.2. The zero-order chi connectivity index (χ0) is 19.4. The van der Waals surface area contributed by atoms with Crippen molar-refractivity contribution in [2.75, 3.05) is 6.54 Å². The van der Waals surface area contributed by atoms with Crippen LogP contribution >= 0.6 is 0 Å². The Bertz CT molecular complexity index is 1050. The molecule has 0 saturated heterocycles. The lowest BCUT2D eigenvalue weighted by Crippen LogP contribution is -2.28. The maximum atomic E-state index is 12.9. The molecule has 3 rings (SSSR count). The second-order valence-corrected chi connectivity index (χ2v) is 7.43. The monoisotopic (exact) mass is 390 g/mol. The third kappa shape index (κ3) is 4.77. The number of pyridine rings is 1. The van der Waals surface area contributed by atoms with Crippen molar-refractivity contribution in [1.82, 2.24) is 29.9 Å². The summed E-state index contributed by atoms with van der Waals surface area (Å²) in [6, 6.07) is 8.67. The number of aromatic nitrogens is 5. The van der Waals surface area contributed by atoms with Gasteiger partial charge in [0.1, 0.15) is 18.1 Å². The summed E-state index contributed by atoms with van der Waals surface area (Å²) < 4.78 is 39.2. The number of sulfonamides is 1. The number of hydrogen-bond acceptors (Lipinski definition) is 7. The predicted molar refractivity (Wildman–Crippen MR) is 92.4 cm³/mol. The summed E-state index contributed by atoms with van der Waals surface area (Å²) in [6.45, 7) is 1.24. The van der Waals surface area contributed by atoms with E-state index >= 15 is 0 Å². The molecule has 0 atom stereocenters. The molecule has 9 nitrogen and oxygen atoms in total. The first-order chi connectivity index (χ1) is 12.8. The number of Topliss-reactive ketones (excluding diaryl/α,β-unsaturated/α-hetero) is 1. The highest BCUT2D eigenvalue weighted by Gasteiger charge is 2.15. The van der Waals surface area contributed by atoms with Crippen LogP contribution in [0.25, 0.3) is 11.4 Å². The van der Waals surface area contributed by atoms with E-state index in [1.54, 1.807) is 12.1 Å². The Hall–Kier alpha value is -3.05. The van der Waals surface area contributed by atoms with E-state index in [2.05, 4.69) is 25.1 Å². The van der Waals surface area contributed by atoms with Gasteiger partial charge in [-0.05, 0) is 48.5 Å². The van der Waals surface area contributed by atoms with Gasteiger partial charge in [-0.15, -0.1) is 10.2 Å². The summed E-state index contributed by atoms with van der Waals surface area (Å²) in [5, 5.41) is 12.0. The summed E-state index contributed by atoms with van der Waals surface area (Å²) in [4.78, 5) is 16.2. The molecule has 27 heavy (non-hydrogen) atoms. The number of halogens is 1. The Kier molecular flexibility index (Phi) is 5.33. The lowest BCUT2D eigenvalue weighted by atomic mass is 10.2. The van der Waals surface area contributed by atoms with E-state index in [-0.39, 0.29) is 23.8 Å². The first-order valence-corrected chi connectivity index (χ1v) is 9.29. The summed E-state index contributed by atoms with van der Waals surface area (Å²) in [5.41, 5.74) is 1.14. The van der Waals surface area contributed by atoms with Crippen LogP contribution in [0, 0.1) is 5.82 Å². The molecule has 2 aromatic heterocycles. The van der Waals surface area contributed by atoms with Crippen molar-refractivity contribution in [3.05, 3.63) is 54.1 Å². The number of benzene rings is 1. The van der Waals surface area contributed by atoms with Crippen molar-refractivity contribution in [2.45, 2.75) is 18.4 Å². The minimum atomic E-state index is -3.76. The van der Waals surface area contributed by atoms with Crippen LogP contribution in [0.3, 0.4) is 0 Å². The standard InChI is InChI=1S/C16H15FN6O3S/c1-11(24)8-19-27(25,26)15-6-2-12(3-7-15)16-20-22-23(21-16)10-14-5-4-13(17)9-18-14/h2-7,9,19H,8,10H2,1H3. The molecule has 0 aliphatic rings. The van der Waals surface area contributed by atoms with Gasteiger partial charge in [0, 0.05) is 5.56 Å². The second-order valence-electron chi connectivity index (χ2n) is 5.66. The topological polar surface area (TPSA) is 120 Å². The normalized spacial score (nSPS) is 11.5. The third-order valence-corrected chi connectivity index (χ3v) is 4.90. The van der Waals surface area contributed by atoms with Crippen LogP contribution in [0.4, 0.5) is 4.39 Å². The fraction of sp³-hybridized carbons (Fsp3) is 0.188. The zero-order valence-corrected chi connectivity index (χ0v) is 15.0. The van der Waals surface area contributed by atoms with Crippen LogP contribution in [0.5, 0.6) is 0 Å². The van der Waals surface area contributed by atoms with Gasteiger partial charge >= 0.3 is 0 Å². The SMILES string of the molecule is CC(=O)CNS(=O)(=O)c1ccc(-c2nnn(Cc3ccc(F)cn3)n2)cc1. The van der Waals surface area contributed by atoms with Gasteiger partial charge in [-0.25, -0.2) is 17.5 Å². The van der Waals surface area contributed by atoms with Crippen molar-refractivity contribution < 1.29 is 17.6 Å². The molecule has 0 saturated carbocycles. The van der Waals surface area contributed by atoms with Gasteiger partial charge in [-0.2, -0.15) is 4.80 Å². The fourth-order valence-electron chi connectivity index (χ4n) is 2.13. The Morgan fingerprint density at radius 1 is 1.19 bits per heavy atom. The summed E-state index contributed by atoms with van der Waals surface area (Å²) in [5.74, 6) is -0.414. The van der Waals surface area contributed by atoms with Crippen LogP contribution in [0.15, 0.2) is 47.5 Å². The van der Waals surface area contributed by atoms with Gasteiger partial charge in [-0.1, -0.05) is 0 Å². The predicted octanol–water partition coefficient (Wildman–Crippen LogP) is 0.790. The van der Waals surface area contributed by atoms with Gasteiger partial charge < -0.3 is 0 Å². The first-order valence-electron chi connectivity index (χ1n) is 7.81. The van der Waals surface area contributed by atoms with Crippen molar-refractivity contribution in [3.8, 4) is 11.4 Å². The lowest BCUT2D eigenvalue weighted by Gasteiger charge is -2.05. The summed E-state index contributed by atoms with van der Waals surface area (Å²) >= 11 is 0. The number of nitrogens with zero attached hydrogens (tertiary/aromatic N) is 5. The molecule has 140 valence electrons. The molecule has 0 aliphatic carbocycles. The number of carbonyl (C=O) groups is 1. The zero-order valence-electron chi connectivity index (χ0n) is 14.2. The quantitative estimate of drug-likeness (QED) is 0.633. The first kappa shape index (κ1) is 18.7.